The van der Waals surface area contributed by atoms with E-state index in [1.165, 1.54) is 12.1 Å². The fourth-order valence-electron chi connectivity index (χ4n) is 2.82. The second-order valence-corrected chi connectivity index (χ2v) is 6.05. The minimum atomic E-state index is -1.01. The molecule has 1 aliphatic carbocycles. The van der Waals surface area contributed by atoms with E-state index in [1.54, 1.807) is 13.2 Å². The molecule has 0 heterocycles. The van der Waals surface area contributed by atoms with Gasteiger partial charge in [-0.3, -0.25) is 4.79 Å². The Morgan fingerprint density at radius 3 is 2.50 bits per heavy atom. The van der Waals surface area contributed by atoms with Gasteiger partial charge in [-0.05, 0) is 54.7 Å². The van der Waals surface area contributed by atoms with E-state index in [0.717, 1.165) is 23.3 Å². The van der Waals surface area contributed by atoms with Gasteiger partial charge in [-0.2, -0.15) is 0 Å². The number of nitrogens with one attached hydrogen (secondary N) is 1. The van der Waals surface area contributed by atoms with Gasteiger partial charge in [-0.15, -0.1) is 0 Å². The highest BCUT2D eigenvalue weighted by atomic mass is 16.5. The maximum absolute atomic E-state index is 12.4. The summed E-state index contributed by atoms with van der Waals surface area (Å²) in [6, 6.07) is 12.5. The van der Waals surface area contributed by atoms with Gasteiger partial charge in [0.15, 0.2) is 0 Å². The van der Waals surface area contributed by atoms with E-state index in [1.807, 2.05) is 31.2 Å². The Kier molecular flexibility index (Phi) is 4.25. The molecule has 1 saturated carbocycles. The van der Waals surface area contributed by atoms with Crippen molar-refractivity contribution in [3.63, 3.8) is 0 Å². The molecule has 1 aliphatic rings. The minimum absolute atomic E-state index is 0.0681. The molecule has 5 heteroatoms. The summed E-state index contributed by atoms with van der Waals surface area (Å²) in [5.74, 6) is -0.152. The smallest absolute Gasteiger partial charge is 0.335 e. The van der Waals surface area contributed by atoms with E-state index in [-0.39, 0.29) is 23.3 Å². The molecule has 2 unspecified atom stereocenters. The van der Waals surface area contributed by atoms with E-state index in [2.05, 4.69) is 5.32 Å². The lowest BCUT2D eigenvalue weighted by atomic mass is 10.1. The number of amides is 1. The molecule has 2 N–H and O–H groups in total. The van der Waals surface area contributed by atoms with E-state index in [4.69, 9.17) is 9.84 Å². The number of carbonyl (C=O) groups excluding carboxylic acids is 1. The molecular formula is C19H19NO4. The summed E-state index contributed by atoms with van der Waals surface area (Å²) < 4.78 is 5.14. The summed E-state index contributed by atoms with van der Waals surface area (Å²) in [7, 11) is 1.62. The Morgan fingerprint density at radius 1 is 1.17 bits per heavy atom. The summed E-state index contributed by atoms with van der Waals surface area (Å²) in [5, 5.41) is 11.9. The van der Waals surface area contributed by atoms with Crippen molar-refractivity contribution in [3.8, 4) is 5.75 Å². The highest BCUT2D eigenvalue weighted by Gasteiger charge is 2.44. The van der Waals surface area contributed by atoms with Gasteiger partial charge < -0.3 is 15.2 Å². The van der Waals surface area contributed by atoms with Crippen molar-refractivity contribution in [1.29, 1.82) is 0 Å². The number of hydrogen-bond donors (Lipinski definition) is 2. The van der Waals surface area contributed by atoms with E-state index in [9.17, 15) is 9.59 Å². The second kappa shape index (κ2) is 6.35. The number of ether oxygens (including phenoxy) is 1. The standard InChI is InChI=1S/C19H19NO4/c1-11-3-4-13(19(22)23)9-17(11)20-18(21)16-10-15(16)12-5-7-14(24-2)8-6-12/h3-9,15-16H,10H2,1-2H3,(H,20,21)(H,22,23). The first-order valence-electron chi connectivity index (χ1n) is 7.78. The molecule has 0 aliphatic heterocycles. The first-order chi connectivity index (χ1) is 11.5. The van der Waals surface area contributed by atoms with Crippen LogP contribution in [0.5, 0.6) is 5.75 Å². The lowest BCUT2D eigenvalue weighted by Crippen LogP contribution is -2.16. The zero-order valence-corrected chi connectivity index (χ0v) is 13.6. The molecule has 3 rings (SSSR count). The van der Waals surface area contributed by atoms with Gasteiger partial charge in [0, 0.05) is 11.6 Å². The summed E-state index contributed by atoms with van der Waals surface area (Å²) in [4.78, 5) is 23.5. The predicted molar refractivity (Wildman–Crippen MR) is 90.6 cm³/mol. The number of carboxylic acids is 1. The highest BCUT2D eigenvalue weighted by molar-refractivity contribution is 5.97. The summed E-state index contributed by atoms with van der Waals surface area (Å²) in [5.41, 5.74) is 2.68. The van der Waals surface area contributed by atoms with Crippen LogP contribution in [0.3, 0.4) is 0 Å². The van der Waals surface area contributed by atoms with E-state index in [0.29, 0.717) is 5.69 Å². The number of rotatable bonds is 5. The molecule has 2 atom stereocenters. The average molecular weight is 325 g/mol. The SMILES string of the molecule is COc1ccc(C2CC2C(=O)Nc2cc(C(=O)O)ccc2C)cc1. The number of benzene rings is 2. The van der Waals surface area contributed by atoms with Crippen LogP contribution in [0.2, 0.25) is 0 Å². The van der Waals surface area contributed by atoms with Crippen LogP contribution in [-0.2, 0) is 4.79 Å². The molecule has 0 radical (unpaired) electrons. The van der Waals surface area contributed by atoms with Crippen LogP contribution in [0.1, 0.15) is 33.8 Å². The van der Waals surface area contributed by atoms with Gasteiger partial charge in [0.1, 0.15) is 5.75 Å². The molecule has 2 aromatic rings. The van der Waals surface area contributed by atoms with Crippen LogP contribution in [0.15, 0.2) is 42.5 Å². The van der Waals surface area contributed by atoms with Crippen molar-refractivity contribution in [2.75, 3.05) is 12.4 Å². The fourth-order valence-corrected chi connectivity index (χ4v) is 2.82. The molecule has 124 valence electrons. The van der Waals surface area contributed by atoms with Gasteiger partial charge in [0.05, 0.1) is 12.7 Å². The summed E-state index contributed by atoms with van der Waals surface area (Å²) in [6.45, 7) is 1.84. The van der Waals surface area contributed by atoms with Gasteiger partial charge in [-0.1, -0.05) is 18.2 Å². The molecule has 0 saturated heterocycles. The molecule has 1 fully saturated rings. The quantitative estimate of drug-likeness (QED) is 0.883. The topological polar surface area (TPSA) is 75.6 Å². The lowest BCUT2D eigenvalue weighted by molar-refractivity contribution is -0.117. The largest absolute Gasteiger partial charge is 0.497 e. The third kappa shape index (κ3) is 3.25. The lowest BCUT2D eigenvalue weighted by Gasteiger charge is -2.09. The molecule has 0 aromatic heterocycles. The van der Waals surface area contributed by atoms with E-state index >= 15 is 0 Å². The normalized spacial score (nSPS) is 18.8. The summed E-state index contributed by atoms with van der Waals surface area (Å²) in [6.07, 6.45) is 0.801. The molecule has 0 bridgehead atoms. The Labute approximate surface area is 140 Å². The number of carboxylic acid groups (broad SMARTS) is 1. The zero-order valence-electron chi connectivity index (χ0n) is 13.6. The molecule has 5 nitrogen and oxygen atoms in total. The van der Waals surface area contributed by atoms with Crippen molar-refractivity contribution in [3.05, 3.63) is 59.2 Å². The van der Waals surface area contributed by atoms with Crippen molar-refractivity contribution in [1.82, 2.24) is 0 Å². The molecular weight excluding hydrogens is 306 g/mol. The summed E-state index contributed by atoms with van der Waals surface area (Å²) >= 11 is 0. The van der Waals surface area contributed by atoms with Gasteiger partial charge >= 0.3 is 5.97 Å². The minimum Gasteiger partial charge on any atom is -0.497 e. The van der Waals surface area contributed by atoms with Gasteiger partial charge in [-0.25, -0.2) is 4.79 Å². The van der Waals surface area contributed by atoms with Crippen LogP contribution in [-0.4, -0.2) is 24.1 Å². The van der Waals surface area contributed by atoms with Crippen LogP contribution < -0.4 is 10.1 Å². The Balaban J connectivity index is 1.68. The van der Waals surface area contributed by atoms with Crippen LogP contribution in [0, 0.1) is 12.8 Å². The Morgan fingerprint density at radius 2 is 1.88 bits per heavy atom. The van der Waals surface area contributed by atoms with Crippen LogP contribution >= 0.6 is 0 Å². The third-order valence-electron chi connectivity index (χ3n) is 4.41. The predicted octanol–water partition coefficient (Wildman–Crippen LogP) is 3.44. The number of aromatic carboxylic acids is 1. The van der Waals surface area contributed by atoms with Crippen molar-refractivity contribution in [2.24, 2.45) is 5.92 Å². The van der Waals surface area contributed by atoms with Gasteiger partial charge in [0.25, 0.3) is 0 Å². The number of anilines is 1. The number of hydrogen-bond acceptors (Lipinski definition) is 3. The van der Waals surface area contributed by atoms with Gasteiger partial charge in [0.2, 0.25) is 5.91 Å². The Bertz CT molecular complexity index is 782. The van der Waals surface area contributed by atoms with Crippen molar-refractivity contribution in [2.45, 2.75) is 19.3 Å². The number of carbonyl (C=O) groups is 2. The first-order valence-corrected chi connectivity index (χ1v) is 7.78. The fraction of sp³-hybridized carbons (Fsp3) is 0.263. The monoisotopic (exact) mass is 325 g/mol. The molecule has 0 spiro atoms. The number of methoxy groups -OCH3 is 1. The molecule has 1 amide bonds. The maximum atomic E-state index is 12.4. The van der Waals surface area contributed by atoms with E-state index < -0.39 is 5.97 Å². The van der Waals surface area contributed by atoms with Crippen LogP contribution in [0.25, 0.3) is 0 Å². The number of aryl methyl sites for hydroxylation is 1. The van der Waals surface area contributed by atoms with Crippen molar-refractivity contribution >= 4 is 17.6 Å². The first kappa shape index (κ1) is 16.1. The molecule has 24 heavy (non-hydrogen) atoms. The maximum Gasteiger partial charge on any atom is 0.335 e. The highest BCUT2D eigenvalue weighted by Crippen LogP contribution is 2.48. The Hall–Kier alpha value is -2.82. The average Bonchev–Trinajstić information content (AvgIpc) is 3.37. The second-order valence-electron chi connectivity index (χ2n) is 6.05. The third-order valence-corrected chi connectivity index (χ3v) is 4.41. The zero-order chi connectivity index (χ0) is 17.3. The molecule has 2 aromatic carbocycles. The van der Waals surface area contributed by atoms with Crippen LogP contribution in [0.4, 0.5) is 5.69 Å². The van der Waals surface area contributed by atoms with Crippen molar-refractivity contribution < 1.29 is 19.4 Å².